The number of piperidine rings is 1. The third-order valence-electron chi connectivity index (χ3n) is 8.36. The Hall–Kier alpha value is -3.89. The Morgan fingerprint density at radius 2 is 1.81 bits per heavy atom. The summed E-state index contributed by atoms with van der Waals surface area (Å²) in [6.07, 6.45) is 1.11. The molecule has 3 N–H and O–H groups in total. The largest absolute Gasteiger partial charge is 0.484 e. The number of primary amides is 1. The number of thiophene rings is 1. The maximum absolute atomic E-state index is 14.2. The van der Waals surface area contributed by atoms with Crippen LogP contribution in [0.2, 0.25) is 5.02 Å². The second-order valence-electron chi connectivity index (χ2n) is 11.7. The number of benzene rings is 2. The molecule has 11 heteroatoms. The van der Waals surface area contributed by atoms with E-state index in [0.29, 0.717) is 58.3 Å². The number of hydrogen-bond donors (Lipinski definition) is 2. The van der Waals surface area contributed by atoms with Crippen molar-refractivity contribution < 1.29 is 24.2 Å². The van der Waals surface area contributed by atoms with Crippen LogP contribution in [-0.2, 0) is 0 Å². The fourth-order valence-corrected chi connectivity index (χ4v) is 7.01. The van der Waals surface area contributed by atoms with Gasteiger partial charge in [0.05, 0.1) is 11.0 Å². The van der Waals surface area contributed by atoms with Gasteiger partial charge in [0.1, 0.15) is 28.1 Å². The number of ketones is 1. The van der Waals surface area contributed by atoms with Crippen molar-refractivity contribution in [2.45, 2.75) is 46.6 Å². The number of hydrogen-bond acceptors (Lipinski definition) is 6. The maximum atomic E-state index is 14.2. The van der Waals surface area contributed by atoms with Gasteiger partial charge in [0.15, 0.2) is 5.78 Å². The molecule has 1 fully saturated rings. The van der Waals surface area contributed by atoms with Crippen molar-refractivity contribution >= 4 is 51.8 Å². The van der Waals surface area contributed by atoms with Crippen molar-refractivity contribution in [3.8, 4) is 10.8 Å². The Kier molecular flexibility index (Phi) is 7.80. The zero-order valence-corrected chi connectivity index (χ0v) is 25.5. The number of carbonyl (C=O) groups excluding carboxylic acids is 2. The van der Waals surface area contributed by atoms with Gasteiger partial charge in [-0.3, -0.25) is 14.2 Å². The molecule has 9 nitrogen and oxygen atoms in total. The van der Waals surface area contributed by atoms with E-state index in [2.05, 4.69) is 4.98 Å². The molecule has 5 rings (SSSR count). The van der Waals surface area contributed by atoms with Gasteiger partial charge in [-0.1, -0.05) is 50.6 Å². The van der Waals surface area contributed by atoms with Gasteiger partial charge >= 0.3 is 6.09 Å². The fraction of sp³-hybridized carbons (Fsp3) is 0.355. The lowest BCUT2D eigenvalue weighted by molar-refractivity contribution is 0.0145. The number of nitrogens with zero attached hydrogens (tertiary/aromatic N) is 3. The first-order chi connectivity index (χ1) is 19.8. The number of aromatic nitrogens is 2. The monoisotopic (exact) mass is 608 g/mol. The maximum Gasteiger partial charge on any atom is 0.407 e. The quantitative estimate of drug-likeness (QED) is 0.218. The molecule has 42 heavy (non-hydrogen) atoms. The van der Waals surface area contributed by atoms with Crippen LogP contribution in [0.3, 0.4) is 0 Å². The molecule has 4 aromatic rings. The summed E-state index contributed by atoms with van der Waals surface area (Å²) in [5.41, 5.74) is 7.28. The highest BCUT2D eigenvalue weighted by Crippen LogP contribution is 2.49. The summed E-state index contributed by atoms with van der Waals surface area (Å²) in [6.45, 7) is 8.56. The molecule has 0 spiro atoms. The molecule has 0 aliphatic carbocycles. The number of ether oxygens (including phenoxy) is 1. The van der Waals surface area contributed by atoms with Gasteiger partial charge in [0.25, 0.3) is 5.91 Å². The molecule has 3 heterocycles. The van der Waals surface area contributed by atoms with Crippen LogP contribution in [0, 0.1) is 10.8 Å². The predicted octanol–water partition coefficient (Wildman–Crippen LogP) is 6.97. The van der Waals surface area contributed by atoms with Crippen molar-refractivity contribution in [1.82, 2.24) is 14.5 Å². The molecule has 2 amide bonds. The van der Waals surface area contributed by atoms with E-state index < -0.39 is 28.9 Å². The van der Waals surface area contributed by atoms with Crippen LogP contribution in [0.1, 0.15) is 72.2 Å². The number of likely N-dealkylation sites (tertiary alicyclic amines) is 1. The molecule has 0 radical (unpaired) electrons. The van der Waals surface area contributed by atoms with Gasteiger partial charge in [-0.2, -0.15) is 0 Å². The lowest BCUT2D eigenvalue weighted by Crippen LogP contribution is -2.52. The molecular weight excluding hydrogens is 576 g/mol. The smallest absolute Gasteiger partial charge is 0.407 e. The molecule has 1 atom stereocenters. The summed E-state index contributed by atoms with van der Waals surface area (Å²) in [6, 6.07) is 14.5. The van der Waals surface area contributed by atoms with Gasteiger partial charge < -0.3 is 20.5 Å². The first kappa shape index (κ1) is 29.6. The summed E-state index contributed by atoms with van der Waals surface area (Å²) in [4.78, 5) is 44.3. The Balaban J connectivity index is 1.51. The molecule has 1 saturated heterocycles. The topological polar surface area (TPSA) is 128 Å². The predicted molar refractivity (Wildman–Crippen MR) is 163 cm³/mol. The summed E-state index contributed by atoms with van der Waals surface area (Å²) in [5, 5.41) is 10.7. The van der Waals surface area contributed by atoms with Crippen LogP contribution in [0.5, 0.6) is 5.75 Å². The van der Waals surface area contributed by atoms with E-state index in [1.807, 2.05) is 56.5 Å². The number of carbonyl (C=O) groups is 3. The molecule has 0 saturated carbocycles. The van der Waals surface area contributed by atoms with Crippen LogP contribution >= 0.6 is 22.9 Å². The standard InChI is InChI=1S/C31H33ClN4O5S/c1-18(20-7-5-6-8-21(20)32)41-24-16-25(42-26(24)28(33)38)36-17-34-22-10-9-19(15-23(22)36)27(37)31(30(2,3)4)11-13-35(14-12-31)29(39)40/h5-10,15-18H,11-14H2,1-4H3,(H2,33,38)(H,39,40)/t18-/m1/s1. The first-order valence-electron chi connectivity index (χ1n) is 13.7. The molecule has 1 aliphatic rings. The van der Waals surface area contributed by atoms with Crippen LogP contribution in [0.4, 0.5) is 4.79 Å². The van der Waals surface area contributed by atoms with Crippen molar-refractivity contribution in [1.29, 1.82) is 0 Å². The van der Waals surface area contributed by atoms with Crippen molar-refractivity contribution in [2.75, 3.05) is 13.1 Å². The lowest BCUT2D eigenvalue weighted by Gasteiger charge is -2.48. The Morgan fingerprint density at radius 3 is 2.43 bits per heavy atom. The van der Waals surface area contributed by atoms with E-state index in [9.17, 15) is 19.5 Å². The molecule has 2 aromatic carbocycles. The minimum Gasteiger partial charge on any atom is -0.484 e. The van der Waals surface area contributed by atoms with Gasteiger partial charge in [-0.15, -0.1) is 11.3 Å². The highest BCUT2D eigenvalue weighted by molar-refractivity contribution is 7.16. The van der Waals surface area contributed by atoms with Crippen molar-refractivity contribution in [3.63, 3.8) is 0 Å². The molecule has 0 unspecified atom stereocenters. The molecule has 1 aliphatic heterocycles. The minimum absolute atomic E-state index is 0.0173. The van der Waals surface area contributed by atoms with Crippen LogP contribution in [0.15, 0.2) is 54.9 Å². The van der Waals surface area contributed by atoms with E-state index in [1.54, 1.807) is 30.6 Å². The van der Waals surface area contributed by atoms with Crippen molar-refractivity contribution in [3.05, 3.63) is 75.9 Å². The Labute approximate surface area is 252 Å². The Morgan fingerprint density at radius 1 is 1.12 bits per heavy atom. The summed E-state index contributed by atoms with van der Waals surface area (Å²) < 4.78 is 7.99. The van der Waals surface area contributed by atoms with Crippen molar-refractivity contribution in [2.24, 2.45) is 16.6 Å². The van der Waals surface area contributed by atoms with Crippen LogP contribution in [-0.4, -0.2) is 50.4 Å². The number of Topliss-reactive ketones (excluding diaryl/α,β-unsaturated/α-hetero) is 1. The van der Waals surface area contributed by atoms with Gasteiger partial charge in [-0.05, 0) is 49.4 Å². The van der Waals surface area contributed by atoms with E-state index in [1.165, 1.54) is 16.2 Å². The highest BCUT2D eigenvalue weighted by atomic mass is 35.5. The summed E-state index contributed by atoms with van der Waals surface area (Å²) in [7, 11) is 0. The number of fused-ring (bicyclic) bond motifs is 1. The molecule has 0 bridgehead atoms. The van der Waals surface area contributed by atoms with E-state index in [4.69, 9.17) is 22.1 Å². The fourth-order valence-electron chi connectivity index (χ4n) is 5.80. The third kappa shape index (κ3) is 5.25. The highest BCUT2D eigenvalue weighted by Gasteiger charge is 2.50. The first-order valence-corrected chi connectivity index (χ1v) is 14.9. The molecule has 220 valence electrons. The van der Waals surface area contributed by atoms with Crippen LogP contribution < -0.4 is 10.5 Å². The van der Waals surface area contributed by atoms with Gasteiger partial charge in [0, 0.05) is 40.7 Å². The van der Waals surface area contributed by atoms with Gasteiger partial charge in [-0.25, -0.2) is 9.78 Å². The number of carboxylic acid groups (broad SMARTS) is 1. The van der Waals surface area contributed by atoms with E-state index in [-0.39, 0.29) is 10.7 Å². The number of rotatable bonds is 7. The van der Waals surface area contributed by atoms with E-state index in [0.717, 1.165) is 5.56 Å². The Bertz CT molecular complexity index is 1680. The molecule has 2 aromatic heterocycles. The SMILES string of the molecule is C[C@@H](Oc1cc(-n2cnc3ccc(C(=O)C4(C(C)(C)C)CCN(C(=O)O)CC4)cc32)sc1C(N)=O)c1ccccc1Cl. The number of halogens is 1. The number of nitrogens with two attached hydrogens (primary N) is 1. The minimum atomic E-state index is -0.967. The van der Waals surface area contributed by atoms with E-state index >= 15 is 0 Å². The molecular formula is C31H33ClN4O5S. The number of amides is 2. The normalized spacial score (nSPS) is 15.9. The second kappa shape index (κ2) is 11.1. The average Bonchev–Trinajstić information content (AvgIpc) is 3.56. The second-order valence-corrected chi connectivity index (χ2v) is 13.1. The third-order valence-corrected chi connectivity index (χ3v) is 9.83. The van der Waals surface area contributed by atoms with Crippen LogP contribution in [0.25, 0.3) is 16.0 Å². The van der Waals surface area contributed by atoms with Gasteiger partial charge in [0.2, 0.25) is 0 Å². The summed E-state index contributed by atoms with van der Waals surface area (Å²) in [5.74, 6) is -0.301. The number of imidazole rings is 1. The summed E-state index contributed by atoms with van der Waals surface area (Å²) >= 11 is 7.53. The average molecular weight is 609 g/mol. The zero-order chi connectivity index (χ0) is 30.4. The lowest BCUT2D eigenvalue weighted by atomic mass is 9.58. The zero-order valence-electron chi connectivity index (χ0n) is 23.9.